The van der Waals surface area contributed by atoms with E-state index in [2.05, 4.69) is 66.3 Å². The van der Waals surface area contributed by atoms with Crippen LogP contribution in [0.4, 0.5) is 10.1 Å². The molecule has 0 unspecified atom stereocenters. The van der Waals surface area contributed by atoms with Crippen LogP contribution in [-0.2, 0) is 0 Å². The van der Waals surface area contributed by atoms with E-state index in [9.17, 15) is 4.39 Å². The van der Waals surface area contributed by atoms with E-state index in [0.29, 0.717) is 17.0 Å². The Morgan fingerprint density at radius 2 is 1.77 bits per heavy atom. The van der Waals surface area contributed by atoms with E-state index in [-0.39, 0.29) is 5.69 Å². The highest BCUT2D eigenvalue weighted by Gasteiger charge is 2.22. The van der Waals surface area contributed by atoms with Gasteiger partial charge >= 0.3 is 0 Å². The fraction of sp³-hybridized carbons (Fsp3) is 0.464. The molecule has 0 saturated heterocycles. The molecule has 0 radical (unpaired) electrons. The monoisotopic (exact) mass is 433 g/mol. The number of benzene rings is 2. The summed E-state index contributed by atoms with van der Waals surface area (Å²) < 4.78 is 14.2. The molecule has 2 aromatic rings. The lowest BCUT2D eigenvalue weighted by molar-refractivity contribution is 0.303. The number of thiocarbonyl (C=S) groups is 1. The molecule has 3 rings (SSSR count). The van der Waals surface area contributed by atoms with Gasteiger partial charge in [-0.05, 0) is 98.5 Å². The zero-order chi connectivity index (χ0) is 22.2. The average molecular weight is 434 g/mol. The number of isothiocyanates is 1. The molecule has 162 valence electrons. The predicted molar refractivity (Wildman–Crippen MR) is 132 cm³/mol. The van der Waals surface area contributed by atoms with Crippen molar-refractivity contribution in [3.05, 3.63) is 64.0 Å². The standard InChI is InChI=1S/C28H32FNS/c1-4-5-6-7-22-8-12-25(13-9-22)26-15-14-24(20(2)17-26)11-10-23-16-21(3)28(30-19-31)27(29)18-23/h14-18,22,25H,4-9,12-13H2,1-3H3. The largest absolute Gasteiger partial charge is 0.205 e. The quantitative estimate of drug-likeness (QED) is 0.193. The van der Waals surface area contributed by atoms with Gasteiger partial charge in [-0.25, -0.2) is 4.39 Å². The van der Waals surface area contributed by atoms with E-state index in [1.165, 1.54) is 68.6 Å². The zero-order valence-corrected chi connectivity index (χ0v) is 19.7. The van der Waals surface area contributed by atoms with Gasteiger partial charge in [0.2, 0.25) is 0 Å². The molecule has 0 amide bonds. The van der Waals surface area contributed by atoms with Gasteiger partial charge in [-0.1, -0.05) is 56.6 Å². The highest BCUT2D eigenvalue weighted by Crippen LogP contribution is 2.38. The summed E-state index contributed by atoms with van der Waals surface area (Å²) in [6, 6.07) is 9.91. The lowest BCUT2D eigenvalue weighted by Crippen LogP contribution is -2.13. The number of aliphatic imine (C=N–C) groups is 1. The van der Waals surface area contributed by atoms with Crippen LogP contribution in [0.3, 0.4) is 0 Å². The summed E-state index contributed by atoms with van der Waals surface area (Å²) in [4.78, 5) is 3.80. The molecular formula is C28H32FNS. The van der Waals surface area contributed by atoms with Crippen molar-refractivity contribution in [2.24, 2.45) is 10.9 Å². The van der Waals surface area contributed by atoms with Gasteiger partial charge in [0.1, 0.15) is 5.69 Å². The Kier molecular flexibility index (Phi) is 8.59. The first-order chi connectivity index (χ1) is 15.0. The number of nitrogens with zero attached hydrogens (tertiary/aromatic N) is 1. The van der Waals surface area contributed by atoms with Crippen LogP contribution in [-0.4, -0.2) is 5.16 Å². The summed E-state index contributed by atoms with van der Waals surface area (Å²) in [5.74, 6) is 7.51. The molecule has 31 heavy (non-hydrogen) atoms. The van der Waals surface area contributed by atoms with E-state index in [1.807, 2.05) is 6.07 Å². The number of hydrogen-bond acceptors (Lipinski definition) is 2. The molecule has 0 aliphatic heterocycles. The van der Waals surface area contributed by atoms with Gasteiger partial charge in [0.15, 0.2) is 5.82 Å². The van der Waals surface area contributed by atoms with Crippen molar-refractivity contribution in [1.29, 1.82) is 0 Å². The van der Waals surface area contributed by atoms with Gasteiger partial charge in [0.05, 0.1) is 5.16 Å². The second kappa shape index (κ2) is 11.4. The summed E-state index contributed by atoms with van der Waals surface area (Å²) in [5.41, 5.74) is 5.22. The van der Waals surface area contributed by atoms with Crippen molar-refractivity contribution < 1.29 is 4.39 Å². The van der Waals surface area contributed by atoms with Gasteiger partial charge in [-0.15, -0.1) is 0 Å². The third-order valence-corrected chi connectivity index (χ3v) is 6.63. The summed E-state index contributed by atoms with van der Waals surface area (Å²) >= 11 is 4.59. The summed E-state index contributed by atoms with van der Waals surface area (Å²) in [7, 11) is 0. The minimum atomic E-state index is -0.418. The SMILES string of the molecule is CCCCCC1CCC(c2ccc(C#Cc3cc(C)c(N=C=S)c(F)c3)c(C)c2)CC1. The molecule has 3 heteroatoms. The lowest BCUT2D eigenvalue weighted by atomic mass is 9.76. The maximum absolute atomic E-state index is 14.2. The highest BCUT2D eigenvalue weighted by molar-refractivity contribution is 7.78. The molecular weight excluding hydrogens is 401 g/mol. The van der Waals surface area contributed by atoms with Crippen LogP contribution in [0.2, 0.25) is 0 Å². The second-order valence-corrected chi connectivity index (χ2v) is 9.05. The fourth-order valence-electron chi connectivity index (χ4n) is 4.68. The molecule has 1 nitrogen and oxygen atoms in total. The average Bonchev–Trinajstić information content (AvgIpc) is 2.76. The van der Waals surface area contributed by atoms with Gasteiger partial charge in [-0.2, -0.15) is 4.99 Å². The molecule has 0 N–H and O–H groups in total. The van der Waals surface area contributed by atoms with E-state index < -0.39 is 5.82 Å². The smallest absolute Gasteiger partial charge is 0.151 e. The molecule has 1 saturated carbocycles. The Morgan fingerprint density at radius 3 is 2.42 bits per heavy atom. The fourth-order valence-corrected chi connectivity index (χ4v) is 4.78. The Hall–Kier alpha value is -2.27. The van der Waals surface area contributed by atoms with Crippen LogP contribution in [0.15, 0.2) is 35.3 Å². The normalized spacial score (nSPS) is 18.1. The van der Waals surface area contributed by atoms with Crippen molar-refractivity contribution in [1.82, 2.24) is 0 Å². The number of halogens is 1. The minimum absolute atomic E-state index is 0.237. The van der Waals surface area contributed by atoms with Gasteiger partial charge in [0, 0.05) is 11.1 Å². The second-order valence-electron chi connectivity index (χ2n) is 8.86. The molecule has 0 spiro atoms. The molecule has 0 aromatic heterocycles. The third kappa shape index (κ3) is 6.36. The Bertz CT molecular complexity index is 992. The molecule has 2 aromatic carbocycles. The van der Waals surface area contributed by atoms with E-state index >= 15 is 0 Å². The summed E-state index contributed by atoms with van der Waals surface area (Å²) in [6.45, 7) is 6.20. The van der Waals surface area contributed by atoms with Crippen LogP contribution in [0.25, 0.3) is 0 Å². The summed E-state index contributed by atoms with van der Waals surface area (Å²) in [5, 5.41) is 2.23. The first-order valence-corrected chi connectivity index (χ1v) is 11.9. The molecule has 1 aliphatic rings. The number of rotatable bonds is 6. The Labute approximate surface area is 192 Å². The first-order valence-electron chi connectivity index (χ1n) is 11.5. The van der Waals surface area contributed by atoms with Crippen LogP contribution >= 0.6 is 12.2 Å². The number of hydrogen-bond donors (Lipinski definition) is 0. The molecule has 1 aliphatic carbocycles. The number of unbranched alkanes of at least 4 members (excludes halogenated alkanes) is 2. The van der Waals surface area contributed by atoms with Crippen LogP contribution in [0.5, 0.6) is 0 Å². The van der Waals surface area contributed by atoms with Crippen molar-refractivity contribution in [3.8, 4) is 11.8 Å². The first kappa shape index (κ1) is 23.4. The summed E-state index contributed by atoms with van der Waals surface area (Å²) in [6.07, 6.45) is 10.8. The van der Waals surface area contributed by atoms with E-state index in [4.69, 9.17) is 0 Å². The van der Waals surface area contributed by atoms with Gasteiger partial charge < -0.3 is 0 Å². The maximum Gasteiger partial charge on any atom is 0.151 e. The topological polar surface area (TPSA) is 12.4 Å². The van der Waals surface area contributed by atoms with Gasteiger partial charge in [0.25, 0.3) is 0 Å². The number of aryl methyl sites for hydroxylation is 2. The maximum atomic E-state index is 14.2. The van der Waals surface area contributed by atoms with Crippen molar-refractivity contribution in [2.75, 3.05) is 0 Å². The molecule has 0 bridgehead atoms. The van der Waals surface area contributed by atoms with Crippen LogP contribution < -0.4 is 0 Å². The van der Waals surface area contributed by atoms with E-state index in [1.54, 1.807) is 6.92 Å². The lowest BCUT2D eigenvalue weighted by Gasteiger charge is -2.29. The predicted octanol–water partition coefficient (Wildman–Crippen LogP) is 8.43. The molecule has 0 atom stereocenters. The van der Waals surface area contributed by atoms with Gasteiger partial charge in [-0.3, -0.25) is 0 Å². The van der Waals surface area contributed by atoms with Crippen molar-refractivity contribution >= 4 is 23.1 Å². The minimum Gasteiger partial charge on any atom is -0.205 e. The third-order valence-electron chi connectivity index (χ3n) is 6.54. The zero-order valence-electron chi connectivity index (χ0n) is 18.9. The van der Waals surface area contributed by atoms with Crippen molar-refractivity contribution in [2.45, 2.75) is 78.1 Å². The van der Waals surface area contributed by atoms with Crippen LogP contribution in [0, 0.1) is 37.4 Å². The Morgan fingerprint density at radius 1 is 1.00 bits per heavy atom. The van der Waals surface area contributed by atoms with E-state index in [0.717, 1.165) is 11.5 Å². The molecule has 1 fully saturated rings. The van der Waals surface area contributed by atoms with Crippen LogP contribution in [0.1, 0.15) is 92.0 Å². The molecule has 0 heterocycles. The Balaban J connectivity index is 1.67. The van der Waals surface area contributed by atoms with Crippen molar-refractivity contribution in [3.63, 3.8) is 0 Å². The highest BCUT2D eigenvalue weighted by atomic mass is 32.1.